The van der Waals surface area contributed by atoms with Crippen LogP contribution in [0.2, 0.25) is 0 Å². The van der Waals surface area contributed by atoms with Crippen molar-refractivity contribution in [3.05, 3.63) is 35.3 Å². The number of rotatable bonds is 16. The number of hydrogen-bond donors (Lipinski definition) is 1. The second-order valence-electron chi connectivity index (χ2n) is 7.14. The molecular weight excluding hydrogens is 400 g/mol. The number of carbonyl (C=O) groups is 2. The minimum Gasteiger partial charge on any atom is -0.468 e. The average molecular weight is 441 g/mol. The molecule has 172 valence electrons. The van der Waals surface area contributed by atoms with Crippen molar-refractivity contribution in [1.29, 1.82) is 0 Å². The molecule has 0 spiro atoms. The summed E-state index contributed by atoms with van der Waals surface area (Å²) in [5, 5.41) is 12.2. The highest BCUT2D eigenvalue weighted by molar-refractivity contribution is 8.02. The summed E-state index contributed by atoms with van der Waals surface area (Å²) in [5.41, 5.74) is -1.06. The number of carbonyl (C=O) groups excluding carboxylic acids is 2. The summed E-state index contributed by atoms with van der Waals surface area (Å²) in [6.45, 7) is 6.23. The fourth-order valence-electron chi connectivity index (χ4n) is 3.04. The number of esters is 2. The van der Waals surface area contributed by atoms with Gasteiger partial charge in [-0.2, -0.15) is 0 Å². The molecule has 1 N–H and O–H groups in total. The van der Waals surface area contributed by atoms with Gasteiger partial charge in [-0.15, -0.1) is 11.8 Å². The molecule has 0 heterocycles. The molecule has 5 nitrogen and oxygen atoms in total. The van der Waals surface area contributed by atoms with Gasteiger partial charge in [-0.3, -0.25) is 9.59 Å². The summed E-state index contributed by atoms with van der Waals surface area (Å²) >= 11 is 1.51. The van der Waals surface area contributed by atoms with Crippen LogP contribution < -0.4 is 0 Å². The summed E-state index contributed by atoms with van der Waals surface area (Å²) < 4.78 is 10.1. The Bertz CT molecular complexity index is 564. The molecule has 1 atom stereocenters. The third-order valence-electron chi connectivity index (χ3n) is 4.86. The topological polar surface area (TPSA) is 72.8 Å². The van der Waals surface area contributed by atoms with E-state index >= 15 is 0 Å². The van der Waals surface area contributed by atoms with Crippen molar-refractivity contribution in [1.82, 2.24) is 0 Å². The van der Waals surface area contributed by atoms with Gasteiger partial charge in [-0.05, 0) is 42.4 Å². The van der Waals surface area contributed by atoms with Crippen LogP contribution in [0.3, 0.4) is 0 Å². The van der Waals surface area contributed by atoms with Crippen LogP contribution in [0.5, 0.6) is 0 Å². The number of allylic oxidation sites excluding steroid dienone is 3. The normalized spacial score (nSPS) is 13.7. The van der Waals surface area contributed by atoms with Crippen LogP contribution in [0, 0.1) is 5.41 Å². The van der Waals surface area contributed by atoms with Crippen molar-refractivity contribution in [2.24, 2.45) is 5.41 Å². The zero-order chi connectivity index (χ0) is 22.8. The van der Waals surface area contributed by atoms with Crippen LogP contribution in [0.25, 0.3) is 0 Å². The first-order valence-electron chi connectivity index (χ1n) is 10.9. The average Bonchev–Trinajstić information content (AvgIpc) is 2.76. The molecule has 0 fully saturated rings. The number of aliphatic hydroxyl groups is 1. The minimum atomic E-state index is -1.60. The molecule has 0 aliphatic rings. The van der Waals surface area contributed by atoms with E-state index in [1.807, 2.05) is 30.6 Å². The molecule has 6 heteroatoms. The predicted molar refractivity (Wildman–Crippen MR) is 125 cm³/mol. The Morgan fingerprint density at radius 1 is 1.00 bits per heavy atom. The summed E-state index contributed by atoms with van der Waals surface area (Å²) in [4.78, 5) is 25.9. The Hall–Kier alpha value is -1.53. The number of methoxy groups -OCH3 is 2. The molecule has 30 heavy (non-hydrogen) atoms. The van der Waals surface area contributed by atoms with E-state index in [2.05, 4.69) is 13.8 Å². The predicted octanol–water partition coefficient (Wildman–Crippen LogP) is 5.59. The molecule has 0 rings (SSSR count). The van der Waals surface area contributed by atoms with Gasteiger partial charge in [0, 0.05) is 0 Å². The lowest BCUT2D eigenvalue weighted by Gasteiger charge is -2.30. The molecule has 0 aromatic rings. The Balaban J connectivity index is 5.92. The summed E-state index contributed by atoms with van der Waals surface area (Å²) in [5.74, 6) is -0.535. The second-order valence-corrected chi connectivity index (χ2v) is 8.28. The zero-order valence-electron chi connectivity index (χ0n) is 19.3. The molecule has 0 aromatic heterocycles. The van der Waals surface area contributed by atoms with E-state index in [9.17, 15) is 14.7 Å². The van der Waals surface area contributed by atoms with E-state index in [-0.39, 0.29) is 12.8 Å². The van der Waals surface area contributed by atoms with Gasteiger partial charge in [0.05, 0.1) is 20.3 Å². The zero-order valence-corrected chi connectivity index (χ0v) is 20.1. The standard InChI is InChI=1S/C24H40O5S/c1-6-9-11-13-15-20(19-30-8-3)24(22(26)28-4,23(27)29-5)18-17-21(25)16-14-12-10-7-2/h13-16,19,21,25H,6-12,17-18H2,1-5H3/b15-13+,16-14+,20-19-. The maximum absolute atomic E-state index is 12.9. The quantitative estimate of drug-likeness (QED) is 0.111. The van der Waals surface area contributed by atoms with E-state index in [1.54, 1.807) is 6.08 Å². The van der Waals surface area contributed by atoms with Gasteiger partial charge in [0.2, 0.25) is 0 Å². The molecule has 0 aromatic carbocycles. The second kappa shape index (κ2) is 17.2. The maximum atomic E-state index is 12.9. The van der Waals surface area contributed by atoms with Gasteiger partial charge < -0.3 is 14.6 Å². The van der Waals surface area contributed by atoms with E-state index in [1.165, 1.54) is 26.0 Å². The lowest BCUT2D eigenvalue weighted by Crippen LogP contribution is -2.43. The van der Waals surface area contributed by atoms with Crippen LogP contribution >= 0.6 is 11.8 Å². The highest BCUT2D eigenvalue weighted by Gasteiger charge is 2.50. The minimum absolute atomic E-state index is 0.0971. The van der Waals surface area contributed by atoms with Crippen LogP contribution in [0.15, 0.2) is 35.3 Å². The van der Waals surface area contributed by atoms with Crippen molar-refractivity contribution >= 4 is 23.7 Å². The van der Waals surface area contributed by atoms with Crippen molar-refractivity contribution in [2.75, 3.05) is 20.0 Å². The SMILES string of the molecule is CCCC/C=C/C(=C/SCC)C(CCC(O)/C=C/CCCC)(C(=O)OC)C(=O)OC. The third-order valence-corrected chi connectivity index (χ3v) is 5.61. The molecule has 0 bridgehead atoms. The molecular formula is C24H40O5S. The molecule has 1 unspecified atom stereocenters. The van der Waals surface area contributed by atoms with Gasteiger partial charge in [0.25, 0.3) is 0 Å². The number of unbranched alkanes of at least 4 members (excludes halogenated alkanes) is 4. The van der Waals surface area contributed by atoms with Crippen molar-refractivity contribution in [3.8, 4) is 0 Å². The lowest BCUT2D eigenvalue weighted by atomic mass is 9.75. The molecule has 0 aliphatic heterocycles. The van der Waals surface area contributed by atoms with Gasteiger partial charge in [-0.25, -0.2) is 0 Å². The third kappa shape index (κ3) is 9.52. The Labute approximate surface area is 187 Å². The van der Waals surface area contributed by atoms with Gasteiger partial charge in [-0.1, -0.05) is 70.8 Å². The Morgan fingerprint density at radius 2 is 1.57 bits per heavy atom. The molecule has 0 amide bonds. The summed E-state index contributed by atoms with van der Waals surface area (Å²) in [7, 11) is 2.54. The van der Waals surface area contributed by atoms with Crippen molar-refractivity contribution in [2.45, 2.75) is 78.2 Å². The number of hydrogen-bond acceptors (Lipinski definition) is 6. The van der Waals surface area contributed by atoms with E-state index < -0.39 is 23.5 Å². The Kier molecular flexibility index (Phi) is 16.3. The lowest BCUT2D eigenvalue weighted by molar-refractivity contribution is -0.166. The molecule has 0 saturated heterocycles. The molecule has 0 radical (unpaired) electrons. The fourth-order valence-corrected chi connectivity index (χ4v) is 3.67. The van der Waals surface area contributed by atoms with Gasteiger partial charge in [0.1, 0.15) is 0 Å². The van der Waals surface area contributed by atoms with Crippen LogP contribution in [0.1, 0.15) is 72.1 Å². The van der Waals surface area contributed by atoms with Crippen molar-refractivity contribution < 1.29 is 24.2 Å². The number of thioether (sulfide) groups is 1. The van der Waals surface area contributed by atoms with Gasteiger partial charge in [0.15, 0.2) is 5.41 Å². The summed E-state index contributed by atoms with van der Waals surface area (Å²) in [6.07, 6.45) is 13.0. The number of ether oxygens (including phenoxy) is 2. The molecule has 0 aliphatic carbocycles. The van der Waals surface area contributed by atoms with Gasteiger partial charge >= 0.3 is 11.9 Å². The Morgan fingerprint density at radius 3 is 2.07 bits per heavy atom. The van der Waals surface area contributed by atoms with Crippen LogP contribution in [0.4, 0.5) is 0 Å². The largest absolute Gasteiger partial charge is 0.468 e. The van der Waals surface area contributed by atoms with Crippen LogP contribution in [-0.4, -0.2) is 43.1 Å². The maximum Gasteiger partial charge on any atom is 0.327 e. The van der Waals surface area contributed by atoms with E-state index in [4.69, 9.17) is 9.47 Å². The monoisotopic (exact) mass is 440 g/mol. The fraction of sp³-hybridized carbons (Fsp3) is 0.667. The first-order valence-corrected chi connectivity index (χ1v) is 12.0. The van der Waals surface area contributed by atoms with Crippen molar-refractivity contribution in [3.63, 3.8) is 0 Å². The van der Waals surface area contributed by atoms with Crippen LogP contribution in [-0.2, 0) is 19.1 Å². The first kappa shape index (κ1) is 28.5. The smallest absolute Gasteiger partial charge is 0.327 e. The molecule has 0 saturated carbocycles. The van der Waals surface area contributed by atoms with E-state index in [0.717, 1.165) is 44.3 Å². The summed E-state index contributed by atoms with van der Waals surface area (Å²) in [6, 6.07) is 0. The first-order chi connectivity index (χ1) is 14.4. The number of aliphatic hydroxyl groups excluding tert-OH is 1. The highest BCUT2D eigenvalue weighted by atomic mass is 32.2. The highest BCUT2D eigenvalue weighted by Crippen LogP contribution is 2.39. The van der Waals surface area contributed by atoms with E-state index in [0.29, 0.717) is 5.57 Å².